The highest BCUT2D eigenvalue weighted by molar-refractivity contribution is 7.98. The van der Waals surface area contributed by atoms with E-state index in [1.807, 2.05) is 30.5 Å². The van der Waals surface area contributed by atoms with Crippen molar-refractivity contribution < 1.29 is 4.52 Å². The molecule has 2 N–H and O–H groups in total. The molecule has 102 valence electrons. The minimum absolute atomic E-state index is 0.105. The Labute approximate surface area is 117 Å². The van der Waals surface area contributed by atoms with Crippen LogP contribution in [-0.2, 0) is 0 Å². The molecule has 5 heteroatoms. The highest BCUT2D eigenvalue weighted by Gasteiger charge is 2.27. The molecule has 0 bridgehead atoms. The van der Waals surface area contributed by atoms with Crippen molar-refractivity contribution in [3.63, 3.8) is 0 Å². The molecule has 0 fully saturated rings. The van der Waals surface area contributed by atoms with E-state index in [1.165, 1.54) is 4.90 Å². The monoisotopic (exact) mass is 277 g/mol. The zero-order valence-electron chi connectivity index (χ0n) is 11.7. The quantitative estimate of drug-likeness (QED) is 0.870. The van der Waals surface area contributed by atoms with Gasteiger partial charge in [0.25, 0.3) is 0 Å². The lowest BCUT2D eigenvalue weighted by Crippen LogP contribution is -2.26. The molecule has 0 amide bonds. The predicted octanol–water partition coefficient (Wildman–Crippen LogP) is 3.50. The SMILES string of the molecule is CSc1ccc(-c2noc([C@@H](N)C(C)(C)C)n2)cc1. The second-order valence-electron chi connectivity index (χ2n) is 5.53. The average Bonchev–Trinajstić information content (AvgIpc) is 2.86. The first-order valence-corrected chi connectivity index (χ1v) is 7.38. The highest BCUT2D eigenvalue weighted by Crippen LogP contribution is 2.30. The molecule has 2 rings (SSSR count). The Balaban J connectivity index is 2.25. The van der Waals surface area contributed by atoms with Crippen LogP contribution in [0.1, 0.15) is 32.7 Å². The highest BCUT2D eigenvalue weighted by atomic mass is 32.2. The Morgan fingerprint density at radius 2 is 1.84 bits per heavy atom. The van der Waals surface area contributed by atoms with Crippen LogP contribution in [0, 0.1) is 5.41 Å². The molecule has 1 aromatic carbocycles. The molecule has 0 aliphatic heterocycles. The van der Waals surface area contributed by atoms with Crippen LogP contribution < -0.4 is 5.73 Å². The second kappa shape index (κ2) is 5.35. The number of benzene rings is 1. The van der Waals surface area contributed by atoms with Crippen molar-refractivity contribution in [2.45, 2.75) is 31.7 Å². The van der Waals surface area contributed by atoms with E-state index < -0.39 is 0 Å². The summed E-state index contributed by atoms with van der Waals surface area (Å²) < 4.78 is 5.27. The summed E-state index contributed by atoms with van der Waals surface area (Å²) >= 11 is 1.70. The number of nitrogens with two attached hydrogens (primary N) is 1. The van der Waals surface area contributed by atoms with E-state index in [2.05, 4.69) is 30.9 Å². The van der Waals surface area contributed by atoms with Gasteiger partial charge >= 0.3 is 0 Å². The van der Waals surface area contributed by atoms with Crippen LogP contribution in [0.15, 0.2) is 33.7 Å². The van der Waals surface area contributed by atoms with Gasteiger partial charge in [0.1, 0.15) is 0 Å². The van der Waals surface area contributed by atoms with Crippen molar-refractivity contribution in [2.24, 2.45) is 11.1 Å². The molecule has 1 atom stereocenters. The summed E-state index contributed by atoms with van der Waals surface area (Å²) in [6, 6.07) is 7.80. The van der Waals surface area contributed by atoms with Crippen LogP contribution >= 0.6 is 11.8 Å². The van der Waals surface area contributed by atoms with Gasteiger partial charge in [0.2, 0.25) is 11.7 Å². The molecule has 0 saturated carbocycles. The van der Waals surface area contributed by atoms with Gasteiger partial charge in [-0.25, -0.2) is 0 Å². The molecule has 0 saturated heterocycles. The number of thioether (sulfide) groups is 1. The number of rotatable bonds is 3. The molecular weight excluding hydrogens is 258 g/mol. The third-order valence-electron chi connectivity index (χ3n) is 2.99. The molecular formula is C14H19N3OS. The van der Waals surface area contributed by atoms with Crippen molar-refractivity contribution >= 4 is 11.8 Å². The lowest BCUT2D eigenvalue weighted by atomic mass is 9.87. The molecule has 0 radical (unpaired) electrons. The van der Waals surface area contributed by atoms with Gasteiger partial charge < -0.3 is 10.3 Å². The van der Waals surface area contributed by atoms with Crippen molar-refractivity contribution in [1.29, 1.82) is 0 Å². The molecule has 1 heterocycles. The van der Waals surface area contributed by atoms with Gasteiger partial charge in [-0.2, -0.15) is 4.98 Å². The Morgan fingerprint density at radius 3 is 2.37 bits per heavy atom. The first-order chi connectivity index (χ1) is 8.91. The van der Waals surface area contributed by atoms with Crippen molar-refractivity contribution in [2.75, 3.05) is 6.26 Å². The number of aromatic nitrogens is 2. The summed E-state index contributed by atoms with van der Waals surface area (Å²) in [5, 5.41) is 4.00. The van der Waals surface area contributed by atoms with E-state index in [0.717, 1.165) is 5.56 Å². The van der Waals surface area contributed by atoms with Crippen molar-refractivity contribution in [3.05, 3.63) is 30.2 Å². The van der Waals surface area contributed by atoms with E-state index in [1.54, 1.807) is 11.8 Å². The standard InChI is InChI=1S/C14H19N3OS/c1-14(2,3)11(15)13-16-12(17-18-13)9-5-7-10(19-4)8-6-9/h5-8,11H,15H2,1-4H3/t11-/m1/s1. The minimum Gasteiger partial charge on any atom is -0.337 e. The van der Waals surface area contributed by atoms with Crippen LogP contribution in [0.5, 0.6) is 0 Å². The Hall–Kier alpha value is -1.33. The first-order valence-electron chi connectivity index (χ1n) is 6.15. The smallest absolute Gasteiger partial charge is 0.244 e. The lowest BCUT2D eigenvalue weighted by molar-refractivity contribution is 0.253. The maximum atomic E-state index is 6.11. The van der Waals surface area contributed by atoms with Crippen molar-refractivity contribution in [3.8, 4) is 11.4 Å². The van der Waals surface area contributed by atoms with Crippen LogP contribution in [0.4, 0.5) is 0 Å². The van der Waals surface area contributed by atoms with Gasteiger partial charge in [0.05, 0.1) is 6.04 Å². The van der Waals surface area contributed by atoms with Crippen LogP contribution in [0.2, 0.25) is 0 Å². The first kappa shape index (κ1) is 14.1. The zero-order valence-corrected chi connectivity index (χ0v) is 12.5. The summed E-state index contributed by atoms with van der Waals surface area (Å²) in [5.74, 6) is 1.07. The molecule has 2 aromatic rings. The van der Waals surface area contributed by atoms with Crippen molar-refractivity contribution in [1.82, 2.24) is 10.1 Å². The Morgan fingerprint density at radius 1 is 1.21 bits per heavy atom. The van der Waals surface area contributed by atoms with Gasteiger partial charge in [0, 0.05) is 10.5 Å². The third-order valence-corrected chi connectivity index (χ3v) is 3.73. The van der Waals surface area contributed by atoms with Gasteiger partial charge in [0.15, 0.2) is 0 Å². The largest absolute Gasteiger partial charge is 0.337 e. The minimum atomic E-state index is -0.265. The molecule has 0 unspecified atom stereocenters. The maximum Gasteiger partial charge on any atom is 0.244 e. The van der Waals surface area contributed by atoms with Gasteiger partial charge in [-0.1, -0.05) is 25.9 Å². The predicted molar refractivity (Wildman–Crippen MR) is 77.9 cm³/mol. The van der Waals surface area contributed by atoms with Gasteiger partial charge in [-0.3, -0.25) is 0 Å². The fourth-order valence-electron chi connectivity index (χ4n) is 1.59. The topological polar surface area (TPSA) is 64.9 Å². The second-order valence-corrected chi connectivity index (χ2v) is 6.41. The number of nitrogens with zero attached hydrogens (tertiary/aromatic N) is 2. The fraction of sp³-hybridized carbons (Fsp3) is 0.429. The Kier molecular flexibility index (Phi) is 3.96. The summed E-state index contributed by atoms with van der Waals surface area (Å²) in [4.78, 5) is 5.60. The van der Waals surface area contributed by atoms with Crippen LogP contribution in [-0.4, -0.2) is 16.4 Å². The average molecular weight is 277 g/mol. The molecule has 4 nitrogen and oxygen atoms in total. The fourth-order valence-corrected chi connectivity index (χ4v) is 2.00. The summed E-state index contributed by atoms with van der Waals surface area (Å²) in [6.07, 6.45) is 2.05. The van der Waals surface area contributed by atoms with E-state index in [9.17, 15) is 0 Å². The summed E-state index contributed by atoms with van der Waals surface area (Å²) in [7, 11) is 0. The normalized spacial score (nSPS) is 13.5. The van der Waals surface area contributed by atoms with Crippen LogP contribution in [0.3, 0.4) is 0 Å². The third kappa shape index (κ3) is 3.16. The van der Waals surface area contributed by atoms with Crippen LogP contribution in [0.25, 0.3) is 11.4 Å². The number of hydrogen-bond acceptors (Lipinski definition) is 5. The van der Waals surface area contributed by atoms with E-state index >= 15 is 0 Å². The molecule has 19 heavy (non-hydrogen) atoms. The molecule has 0 aliphatic rings. The zero-order chi connectivity index (χ0) is 14.0. The van der Waals surface area contributed by atoms with E-state index in [4.69, 9.17) is 10.3 Å². The van der Waals surface area contributed by atoms with E-state index in [0.29, 0.717) is 11.7 Å². The number of hydrogen-bond donors (Lipinski definition) is 1. The van der Waals surface area contributed by atoms with Gasteiger partial charge in [-0.05, 0) is 35.9 Å². The summed E-state index contributed by atoms with van der Waals surface area (Å²) in [5.41, 5.74) is 6.94. The molecule has 0 aliphatic carbocycles. The van der Waals surface area contributed by atoms with E-state index in [-0.39, 0.29) is 11.5 Å². The molecule has 1 aromatic heterocycles. The lowest BCUT2D eigenvalue weighted by Gasteiger charge is -2.23. The Bertz CT molecular complexity index is 543. The summed E-state index contributed by atoms with van der Waals surface area (Å²) in [6.45, 7) is 6.15. The van der Waals surface area contributed by atoms with Gasteiger partial charge in [-0.15, -0.1) is 11.8 Å². The molecule has 0 spiro atoms. The maximum absolute atomic E-state index is 6.11.